The van der Waals surface area contributed by atoms with Crippen LogP contribution in [0.25, 0.3) is 11.1 Å². The fraction of sp³-hybridized carbons (Fsp3) is 0.312. The van der Waals surface area contributed by atoms with E-state index in [1.165, 1.54) is 0 Å². The number of primary amides is 1. The molecule has 226 valence electrons. The molecular weight excluding hydrogens is 561 g/mol. The number of hydrogen-bond donors (Lipinski definition) is 4. The Balaban J connectivity index is 1.45. The standard InChI is InChI=1S/C32H33F3N4O4/c33-32(34,35)20-38-30(43)31(24-14-6-4-12-22(24)23-13-5-7-15-25(23)31)18-8-9-19-37-29(42)26(16-17-27(36)40)39-28(41)21-10-2-1-3-11-21/h1-7,10-15,26H,8-9,16-20H2,(H2,36,40)(H,37,42)(H,38,43)(H,39,41)/t26-/m0/s1. The van der Waals surface area contributed by atoms with Crippen LogP contribution in [-0.2, 0) is 19.8 Å². The summed E-state index contributed by atoms with van der Waals surface area (Å²) in [6.45, 7) is -1.27. The summed E-state index contributed by atoms with van der Waals surface area (Å²) in [5, 5.41) is 7.50. The minimum absolute atomic E-state index is 0.00972. The van der Waals surface area contributed by atoms with Crippen molar-refractivity contribution in [2.75, 3.05) is 13.1 Å². The SMILES string of the molecule is NC(=O)CC[C@H](NC(=O)c1ccccc1)C(=O)NCCCCC1(C(=O)NCC(F)(F)F)c2ccccc2-c2ccccc21. The largest absolute Gasteiger partial charge is 0.405 e. The third-order valence-corrected chi connectivity index (χ3v) is 7.52. The highest BCUT2D eigenvalue weighted by molar-refractivity contribution is 6.00. The van der Waals surface area contributed by atoms with Gasteiger partial charge in [-0.3, -0.25) is 19.2 Å². The summed E-state index contributed by atoms with van der Waals surface area (Å²) in [4.78, 5) is 50.5. The van der Waals surface area contributed by atoms with Gasteiger partial charge in [-0.1, -0.05) is 66.7 Å². The molecule has 1 aliphatic rings. The average Bonchev–Trinajstić information content (AvgIpc) is 3.28. The molecule has 0 bridgehead atoms. The number of benzene rings is 3. The molecule has 0 aromatic heterocycles. The number of nitrogens with two attached hydrogens (primary N) is 1. The van der Waals surface area contributed by atoms with Gasteiger partial charge in [-0.25, -0.2) is 0 Å². The van der Waals surface area contributed by atoms with E-state index in [2.05, 4.69) is 16.0 Å². The number of unbranched alkanes of at least 4 members (excludes halogenated alkanes) is 1. The molecule has 0 fully saturated rings. The van der Waals surface area contributed by atoms with Gasteiger partial charge in [-0.15, -0.1) is 0 Å². The number of fused-ring (bicyclic) bond motifs is 3. The number of carbonyl (C=O) groups excluding carboxylic acids is 4. The molecule has 1 atom stereocenters. The van der Waals surface area contributed by atoms with E-state index in [1.54, 1.807) is 54.6 Å². The van der Waals surface area contributed by atoms with Crippen LogP contribution in [-0.4, -0.2) is 48.9 Å². The van der Waals surface area contributed by atoms with E-state index in [9.17, 15) is 32.3 Å². The Hall–Kier alpha value is -4.67. The fourth-order valence-electron chi connectivity index (χ4n) is 5.52. The van der Waals surface area contributed by atoms with E-state index < -0.39 is 47.8 Å². The molecule has 8 nitrogen and oxygen atoms in total. The van der Waals surface area contributed by atoms with Crippen molar-refractivity contribution in [3.63, 3.8) is 0 Å². The Kier molecular flexibility index (Phi) is 9.84. The van der Waals surface area contributed by atoms with Crippen LogP contribution in [0.15, 0.2) is 78.9 Å². The lowest BCUT2D eigenvalue weighted by atomic mass is 9.73. The molecule has 4 amide bonds. The monoisotopic (exact) mass is 594 g/mol. The number of rotatable bonds is 13. The van der Waals surface area contributed by atoms with E-state index in [1.807, 2.05) is 24.3 Å². The number of halogens is 3. The van der Waals surface area contributed by atoms with Crippen LogP contribution in [0.1, 0.15) is 53.6 Å². The molecule has 43 heavy (non-hydrogen) atoms. The van der Waals surface area contributed by atoms with Crippen LogP contribution in [0.5, 0.6) is 0 Å². The Bertz CT molecular complexity index is 1430. The third kappa shape index (κ3) is 7.40. The van der Waals surface area contributed by atoms with Gasteiger partial charge >= 0.3 is 6.18 Å². The molecule has 0 saturated carbocycles. The number of carbonyl (C=O) groups is 4. The van der Waals surface area contributed by atoms with Crippen molar-refractivity contribution in [3.05, 3.63) is 95.6 Å². The zero-order chi connectivity index (χ0) is 31.0. The van der Waals surface area contributed by atoms with Crippen LogP contribution in [0, 0.1) is 0 Å². The van der Waals surface area contributed by atoms with Gasteiger partial charge in [0.25, 0.3) is 5.91 Å². The second kappa shape index (κ2) is 13.5. The van der Waals surface area contributed by atoms with Crippen molar-refractivity contribution < 1.29 is 32.3 Å². The summed E-state index contributed by atoms with van der Waals surface area (Å²) in [7, 11) is 0. The second-order valence-electron chi connectivity index (χ2n) is 10.4. The quantitative estimate of drug-likeness (QED) is 0.223. The van der Waals surface area contributed by atoms with Crippen molar-refractivity contribution in [1.82, 2.24) is 16.0 Å². The van der Waals surface area contributed by atoms with Gasteiger partial charge in [0.05, 0.1) is 0 Å². The predicted molar refractivity (Wildman–Crippen MR) is 155 cm³/mol. The summed E-state index contributed by atoms with van der Waals surface area (Å²) >= 11 is 0. The minimum atomic E-state index is -4.57. The van der Waals surface area contributed by atoms with Crippen molar-refractivity contribution in [2.45, 2.75) is 49.7 Å². The third-order valence-electron chi connectivity index (χ3n) is 7.52. The number of nitrogens with one attached hydrogen (secondary N) is 3. The van der Waals surface area contributed by atoms with E-state index >= 15 is 0 Å². The molecule has 0 aliphatic heterocycles. The smallest absolute Gasteiger partial charge is 0.370 e. The van der Waals surface area contributed by atoms with Gasteiger partial charge in [-0.05, 0) is 60.1 Å². The lowest BCUT2D eigenvalue weighted by Gasteiger charge is -2.31. The Morgan fingerprint density at radius 1 is 0.791 bits per heavy atom. The second-order valence-corrected chi connectivity index (χ2v) is 10.4. The number of amides is 4. The maximum Gasteiger partial charge on any atom is 0.405 e. The van der Waals surface area contributed by atoms with Crippen LogP contribution in [0.3, 0.4) is 0 Å². The highest BCUT2D eigenvalue weighted by Crippen LogP contribution is 2.51. The first-order chi connectivity index (χ1) is 20.5. The summed E-state index contributed by atoms with van der Waals surface area (Å²) in [6, 6.07) is 21.7. The molecule has 4 rings (SSSR count). The van der Waals surface area contributed by atoms with Gasteiger partial charge in [0, 0.05) is 18.5 Å². The van der Waals surface area contributed by atoms with Crippen molar-refractivity contribution in [2.24, 2.45) is 5.73 Å². The molecule has 3 aromatic carbocycles. The zero-order valence-electron chi connectivity index (χ0n) is 23.4. The van der Waals surface area contributed by atoms with E-state index in [0.717, 1.165) is 11.1 Å². The van der Waals surface area contributed by atoms with Gasteiger partial charge < -0.3 is 21.7 Å². The van der Waals surface area contributed by atoms with Gasteiger partial charge in [0.1, 0.15) is 18.0 Å². The normalized spacial score (nSPS) is 13.7. The molecule has 3 aromatic rings. The first-order valence-electron chi connectivity index (χ1n) is 14.0. The van der Waals surface area contributed by atoms with Crippen LogP contribution < -0.4 is 21.7 Å². The molecule has 0 unspecified atom stereocenters. The van der Waals surface area contributed by atoms with Gasteiger partial charge in [0.2, 0.25) is 17.7 Å². The first kappa shape index (κ1) is 31.3. The number of alkyl halides is 3. The Morgan fingerprint density at radius 3 is 1.95 bits per heavy atom. The topological polar surface area (TPSA) is 130 Å². The molecule has 5 N–H and O–H groups in total. The number of hydrogen-bond acceptors (Lipinski definition) is 4. The highest BCUT2D eigenvalue weighted by atomic mass is 19.4. The Morgan fingerprint density at radius 2 is 1.37 bits per heavy atom. The molecule has 11 heteroatoms. The maximum absolute atomic E-state index is 13.6. The lowest BCUT2D eigenvalue weighted by Crippen LogP contribution is -2.48. The van der Waals surface area contributed by atoms with Crippen molar-refractivity contribution in [1.29, 1.82) is 0 Å². The predicted octanol–water partition coefficient (Wildman–Crippen LogP) is 3.98. The van der Waals surface area contributed by atoms with Crippen LogP contribution in [0.2, 0.25) is 0 Å². The van der Waals surface area contributed by atoms with Crippen LogP contribution >= 0.6 is 0 Å². The fourth-order valence-corrected chi connectivity index (χ4v) is 5.52. The highest BCUT2D eigenvalue weighted by Gasteiger charge is 2.49. The summed E-state index contributed by atoms with van der Waals surface area (Å²) in [6.07, 6.45) is -3.67. The van der Waals surface area contributed by atoms with Crippen LogP contribution in [0.4, 0.5) is 13.2 Å². The zero-order valence-corrected chi connectivity index (χ0v) is 23.4. The summed E-state index contributed by atoms with van der Waals surface area (Å²) in [5.41, 5.74) is 7.12. The molecule has 0 radical (unpaired) electrons. The van der Waals surface area contributed by atoms with E-state index in [-0.39, 0.29) is 25.8 Å². The Labute approximate surface area is 247 Å². The summed E-state index contributed by atoms with van der Waals surface area (Å²) < 4.78 is 39.2. The molecule has 1 aliphatic carbocycles. The molecular formula is C32H33F3N4O4. The lowest BCUT2D eigenvalue weighted by molar-refractivity contribution is -0.141. The van der Waals surface area contributed by atoms with Gasteiger partial charge in [-0.2, -0.15) is 13.2 Å². The first-order valence-corrected chi connectivity index (χ1v) is 14.0. The summed E-state index contributed by atoms with van der Waals surface area (Å²) in [5.74, 6) is -2.32. The van der Waals surface area contributed by atoms with Gasteiger partial charge in [0.15, 0.2) is 0 Å². The average molecular weight is 595 g/mol. The molecule has 0 spiro atoms. The molecule has 0 heterocycles. The maximum atomic E-state index is 13.6. The van der Waals surface area contributed by atoms with E-state index in [4.69, 9.17) is 5.73 Å². The van der Waals surface area contributed by atoms with E-state index in [0.29, 0.717) is 29.5 Å². The molecule has 0 saturated heterocycles. The minimum Gasteiger partial charge on any atom is -0.370 e. The van der Waals surface area contributed by atoms with Crippen molar-refractivity contribution in [3.8, 4) is 11.1 Å². The van der Waals surface area contributed by atoms with Crippen molar-refractivity contribution >= 4 is 23.6 Å².